The smallest absolute Gasteiger partial charge is 0.325 e. The number of nitrogens with one attached hydrogen (secondary N) is 1. The summed E-state index contributed by atoms with van der Waals surface area (Å²) in [5.74, 6) is -0.852. The van der Waals surface area contributed by atoms with Gasteiger partial charge in [0.15, 0.2) is 5.65 Å². The van der Waals surface area contributed by atoms with Crippen molar-refractivity contribution >= 4 is 22.9 Å². The molecule has 3 aromatic rings. The van der Waals surface area contributed by atoms with Gasteiger partial charge in [0, 0.05) is 13.0 Å². The number of carbonyl (C=O) groups is 2. The van der Waals surface area contributed by atoms with Crippen molar-refractivity contribution in [2.45, 2.75) is 26.8 Å². The van der Waals surface area contributed by atoms with Crippen LogP contribution >= 0.6 is 0 Å². The predicted molar refractivity (Wildman–Crippen MR) is 102 cm³/mol. The average Bonchev–Trinajstić information content (AvgIpc) is 3.11. The zero-order valence-corrected chi connectivity index (χ0v) is 15.7. The molecule has 0 saturated carbocycles. The first kappa shape index (κ1) is 19.3. The van der Waals surface area contributed by atoms with Gasteiger partial charge in [-0.1, -0.05) is 17.7 Å². The van der Waals surface area contributed by atoms with Crippen LogP contribution in [0.15, 0.2) is 41.6 Å². The van der Waals surface area contributed by atoms with Crippen LogP contribution in [0.2, 0.25) is 0 Å². The Hall–Kier alpha value is -3.49. The lowest BCUT2D eigenvalue weighted by Gasteiger charge is -2.07. The highest BCUT2D eigenvalue weighted by molar-refractivity contribution is 5.81. The van der Waals surface area contributed by atoms with Crippen LogP contribution in [0, 0.1) is 6.92 Å². The molecule has 0 bridgehead atoms. The van der Waals surface area contributed by atoms with Crippen LogP contribution in [0.25, 0.3) is 16.7 Å². The normalized spacial score (nSPS) is 10.8. The fourth-order valence-electron chi connectivity index (χ4n) is 2.68. The number of ether oxygens (including phenoxy) is 1. The molecule has 146 valence electrons. The maximum Gasteiger partial charge on any atom is 0.325 e. The zero-order valence-electron chi connectivity index (χ0n) is 15.7. The molecule has 3 rings (SSSR count). The van der Waals surface area contributed by atoms with E-state index >= 15 is 0 Å². The third-order valence-electron chi connectivity index (χ3n) is 4.15. The molecule has 28 heavy (non-hydrogen) atoms. The van der Waals surface area contributed by atoms with E-state index in [1.165, 1.54) is 17.1 Å². The van der Waals surface area contributed by atoms with Crippen molar-refractivity contribution in [3.8, 4) is 5.69 Å². The molecule has 0 unspecified atom stereocenters. The van der Waals surface area contributed by atoms with Crippen LogP contribution in [0.5, 0.6) is 0 Å². The van der Waals surface area contributed by atoms with Gasteiger partial charge in [0.1, 0.15) is 11.9 Å². The van der Waals surface area contributed by atoms with Crippen LogP contribution < -0.4 is 10.9 Å². The number of benzene rings is 1. The van der Waals surface area contributed by atoms with E-state index in [4.69, 9.17) is 4.74 Å². The van der Waals surface area contributed by atoms with Crippen molar-refractivity contribution in [3.63, 3.8) is 0 Å². The third kappa shape index (κ3) is 4.25. The van der Waals surface area contributed by atoms with E-state index in [-0.39, 0.29) is 37.6 Å². The number of aryl methyl sites for hydroxylation is 2. The van der Waals surface area contributed by atoms with Crippen LogP contribution in [-0.4, -0.2) is 44.4 Å². The number of carbonyl (C=O) groups excluding carboxylic acids is 2. The highest BCUT2D eigenvalue weighted by Crippen LogP contribution is 2.14. The minimum atomic E-state index is -0.500. The average molecular weight is 383 g/mol. The number of esters is 1. The Balaban J connectivity index is 1.71. The summed E-state index contributed by atoms with van der Waals surface area (Å²) in [5.41, 5.74) is 2.11. The van der Waals surface area contributed by atoms with Crippen molar-refractivity contribution in [3.05, 3.63) is 52.7 Å². The van der Waals surface area contributed by atoms with Crippen molar-refractivity contribution in [2.24, 2.45) is 0 Å². The van der Waals surface area contributed by atoms with Gasteiger partial charge < -0.3 is 10.1 Å². The fraction of sp³-hybridized carbons (Fsp3) is 0.316. The summed E-state index contributed by atoms with van der Waals surface area (Å²) < 4.78 is 7.70. The van der Waals surface area contributed by atoms with Gasteiger partial charge in [-0.3, -0.25) is 19.0 Å². The summed E-state index contributed by atoms with van der Waals surface area (Å²) in [4.78, 5) is 40.1. The standard InChI is InChI=1S/C19H21N5O4/c1-3-28-17(26)11-20-16(25)8-9-23-12-21-18-15(19(23)27)10-22-24(18)14-6-4-13(2)5-7-14/h4-7,10,12H,3,8-9,11H2,1-2H3,(H,20,25). The van der Waals surface area contributed by atoms with Crippen LogP contribution in [0.3, 0.4) is 0 Å². The van der Waals surface area contributed by atoms with E-state index in [2.05, 4.69) is 15.4 Å². The maximum atomic E-state index is 12.7. The van der Waals surface area contributed by atoms with Gasteiger partial charge in [0.05, 0.1) is 24.8 Å². The number of hydrogen-bond acceptors (Lipinski definition) is 6. The monoisotopic (exact) mass is 383 g/mol. The Morgan fingerprint density at radius 2 is 1.96 bits per heavy atom. The van der Waals surface area contributed by atoms with Gasteiger partial charge in [-0.25, -0.2) is 9.67 Å². The zero-order chi connectivity index (χ0) is 20.1. The van der Waals surface area contributed by atoms with Gasteiger partial charge in [0.25, 0.3) is 5.56 Å². The summed E-state index contributed by atoms with van der Waals surface area (Å²) in [6, 6.07) is 7.73. The second-order valence-electron chi connectivity index (χ2n) is 6.20. The Labute approximate surface area is 160 Å². The van der Waals surface area contributed by atoms with Crippen molar-refractivity contribution in [1.82, 2.24) is 24.6 Å². The molecule has 0 aliphatic carbocycles. The third-order valence-corrected chi connectivity index (χ3v) is 4.15. The van der Waals surface area contributed by atoms with E-state index in [1.807, 2.05) is 31.2 Å². The van der Waals surface area contributed by atoms with Crippen molar-refractivity contribution < 1.29 is 14.3 Å². The van der Waals surface area contributed by atoms with E-state index < -0.39 is 5.97 Å². The van der Waals surface area contributed by atoms with Gasteiger partial charge in [-0.2, -0.15) is 5.10 Å². The number of amides is 1. The molecule has 0 atom stereocenters. The van der Waals surface area contributed by atoms with Gasteiger partial charge in [-0.05, 0) is 26.0 Å². The van der Waals surface area contributed by atoms with E-state index in [0.717, 1.165) is 11.3 Å². The number of aromatic nitrogens is 4. The molecule has 0 saturated heterocycles. The maximum absolute atomic E-state index is 12.7. The van der Waals surface area contributed by atoms with Crippen molar-refractivity contribution in [2.75, 3.05) is 13.2 Å². The van der Waals surface area contributed by atoms with E-state index in [9.17, 15) is 14.4 Å². The molecular weight excluding hydrogens is 362 g/mol. The van der Waals surface area contributed by atoms with Gasteiger partial charge in [-0.15, -0.1) is 0 Å². The molecular formula is C19H21N5O4. The summed E-state index contributed by atoms with van der Waals surface area (Å²) in [6.45, 7) is 3.89. The number of rotatable bonds is 7. The predicted octanol–water partition coefficient (Wildman–Crippen LogP) is 0.960. The van der Waals surface area contributed by atoms with E-state index in [1.54, 1.807) is 11.6 Å². The van der Waals surface area contributed by atoms with Gasteiger partial charge >= 0.3 is 5.97 Å². The Morgan fingerprint density at radius 3 is 2.68 bits per heavy atom. The quantitative estimate of drug-likeness (QED) is 0.609. The fourth-order valence-corrected chi connectivity index (χ4v) is 2.68. The molecule has 1 amide bonds. The molecule has 0 radical (unpaired) electrons. The number of fused-ring (bicyclic) bond motifs is 1. The molecule has 9 heteroatoms. The largest absolute Gasteiger partial charge is 0.465 e. The lowest BCUT2D eigenvalue weighted by Crippen LogP contribution is -2.32. The first-order valence-corrected chi connectivity index (χ1v) is 8.92. The summed E-state index contributed by atoms with van der Waals surface area (Å²) in [5, 5.41) is 7.10. The first-order chi connectivity index (χ1) is 13.5. The van der Waals surface area contributed by atoms with Crippen LogP contribution in [0.1, 0.15) is 18.9 Å². The summed E-state index contributed by atoms with van der Waals surface area (Å²) in [6.07, 6.45) is 2.91. The molecule has 0 aliphatic heterocycles. The topological polar surface area (TPSA) is 108 Å². The first-order valence-electron chi connectivity index (χ1n) is 8.92. The highest BCUT2D eigenvalue weighted by Gasteiger charge is 2.12. The number of hydrogen-bond donors (Lipinski definition) is 1. The molecule has 9 nitrogen and oxygen atoms in total. The molecule has 0 spiro atoms. The minimum Gasteiger partial charge on any atom is -0.465 e. The summed E-state index contributed by atoms with van der Waals surface area (Å²) >= 11 is 0. The Bertz CT molecular complexity index is 1050. The molecule has 1 N–H and O–H groups in total. The molecule has 0 aliphatic rings. The summed E-state index contributed by atoms with van der Waals surface area (Å²) in [7, 11) is 0. The second-order valence-corrected chi connectivity index (χ2v) is 6.20. The number of nitrogens with zero attached hydrogens (tertiary/aromatic N) is 4. The lowest BCUT2D eigenvalue weighted by atomic mass is 10.2. The molecule has 1 aromatic carbocycles. The van der Waals surface area contributed by atoms with Crippen molar-refractivity contribution in [1.29, 1.82) is 0 Å². The molecule has 2 aromatic heterocycles. The Morgan fingerprint density at radius 1 is 1.21 bits per heavy atom. The van der Waals surface area contributed by atoms with Crippen LogP contribution in [0.4, 0.5) is 0 Å². The highest BCUT2D eigenvalue weighted by atomic mass is 16.5. The van der Waals surface area contributed by atoms with E-state index in [0.29, 0.717) is 11.0 Å². The lowest BCUT2D eigenvalue weighted by molar-refractivity contribution is -0.143. The minimum absolute atomic E-state index is 0.0403. The van der Waals surface area contributed by atoms with Gasteiger partial charge in [0.2, 0.25) is 5.91 Å². The second kappa shape index (κ2) is 8.47. The molecule has 0 fully saturated rings. The van der Waals surface area contributed by atoms with Crippen LogP contribution in [-0.2, 0) is 20.9 Å². The Kier molecular flexibility index (Phi) is 5.83. The molecule has 2 heterocycles. The SMILES string of the molecule is CCOC(=O)CNC(=O)CCn1cnc2c(cnn2-c2ccc(C)cc2)c1=O.